The van der Waals surface area contributed by atoms with Gasteiger partial charge in [-0.05, 0) is 19.1 Å². The predicted molar refractivity (Wildman–Crippen MR) is 114 cm³/mol. The SMILES string of the molecule is Cc1nc(C2=C(C(=O)S)N3C(=O)[C@@H](NC(=O)CSc4ccccc4)[C@H]3SC2)n[nH]1. The molecule has 1 saturated heterocycles. The van der Waals surface area contributed by atoms with Crippen LogP contribution in [0.4, 0.5) is 0 Å². The average molecular weight is 448 g/mol. The second-order valence-corrected chi connectivity index (χ2v) is 8.99. The summed E-state index contributed by atoms with van der Waals surface area (Å²) < 4.78 is 0. The van der Waals surface area contributed by atoms with Crippen LogP contribution in [0.3, 0.4) is 0 Å². The minimum Gasteiger partial charge on any atom is -0.341 e. The smallest absolute Gasteiger partial charge is 0.253 e. The first-order valence-electron chi connectivity index (χ1n) is 8.73. The van der Waals surface area contributed by atoms with Gasteiger partial charge in [-0.3, -0.25) is 24.4 Å². The summed E-state index contributed by atoms with van der Waals surface area (Å²) in [5, 5.41) is 8.76. The van der Waals surface area contributed by atoms with Gasteiger partial charge in [0.05, 0.1) is 5.75 Å². The highest BCUT2D eigenvalue weighted by Crippen LogP contribution is 2.43. The molecule has 1 aromatic heterocycles. The predicted octanol–water partition coefficient (Wildman–Crippen LogP) is 1.47. The lowest BCUT2D eigenvalue weighted by Crippen LogP contribution is -2.70. The van der Waals surface area contributed by atoms with Crippen LogP contribution in [0.15, 0.2) is 40.9 Å². The van der Waals surface area contributed by atoms with Crippen molar-refractivity contribution in [2.24, 2.45) is 0 Å². The van der Waals surface area contributed by atoms with Gasteiger partial charge in [-0.1, -0.05) is 30.8 Å². The number of aromatic amines is 1. The van der Waals surface area contributed by atoms with Gasteiger partial charge < -0.3 is 5.32 Å². The number of thiol groups is 1. The lowest BCUT2D eigenvalue weighted by atomic mass is 10.0. The Morgan fingerprint density at radius 1 is 1.38 bits per heavy atom. The summed E-state index contributed by atoms with van der Waals surface area (Å²) in [6.07, 6.45) is 0. The van der Waals surface area contributed by atoms with Crippen molar-refractivity contribution in [2.75, 3.05) is 11.5 Å². The molecule has 2 amide bonds. The lowest BCUT2D eigenvalue weighted by Gasteiger charge is -2.49. The van der Waals surface area contributed by atoms with Gasteiger partial charge >= 0.3 is 0 Å². The number of carbonyl (C=O) groups is 3. The average Bonchev–Trinajstić information content (AvgIpc) is 3.16. The Labute approximate surface area is 180 Å². The standard InChI is InChI=1S/C18H17N5O3S3/c1-9-19-15(22-21-9)11-7-29-17-13(16(25)23(17)14(11)18(26)27)20-12(24)8-28-10-5-3-2-4-6-10/h2-6,13,17H,7-8H2,1H3,(H,20,24)(H,26,27)(H,19,21,22)/t13-,17-/m1/s1. The molecule has 2 N–H and O–H groups in total. The number of carbonyl (C=O) groups excluding carboxylic acids is 3. The van der Waals surface area contributed by atoms with Gasteiger partial charge in [-0.25, -0.2) is 4.98 Å². The minimum atomic E-state index is -0.665. The van der Waals surface area contributed by atoms with Crippen LogP contribution < -0.4 is 5.32 Å². The molecule has 2 aromatic rings. The molecule has 2 aliphatic heterocycles. The number of H-pyrrole nitrogens is 1. The van der Waals surface area contributed by atoms with Crippen molar-refractivity contribution in [1.29, 1.82) is 0 Å². The molecule has 0 saturated carbocycles. The zero-order chi connectivity index (χ0) is 20.5. The summed E-state index contributed by atoms with van der Waals surface area (Å²) in [6.45, 7) is 1.76. The molecular formula is C18H17N5O3S3. The molecule has 0 unspecified atom stereocenters. The monoisotopic (exact) mass is 447 g/mol. The Hall–Kier alpha value is -2.24. The number of thioether (sulfide) groups is 2. The highest BCUT2D eigenvalue weighted by molar-refractivity contribution is 8.00. The number of aromatic nitrogens is 3. The molecule has 4 rings (SSSR count). The van der Waals surface area contributed by atoms with E-state index in [1.807, 2.05) is 30.3 Å². The number of β-lactam (4-membered cyclic amide) rings is 1. The maximum atomic E-state index is 12.7. The van der Waals surface area contributed by atoms with E-state index in [-0.39, 0.29) is 28.6 Å². The van der Waals surface area contributed by atoms with Crippen molar-refractivity contribution < 1.29 is 14.4 Å². The fourth-order valence-electron chi connectivity index (χ4n) is 3.15. The van der Waals surface area contributed by atoms with Crippen molar-refractivity contribution in [1.82, 2.24) is 25.4 Å². The molecule has 3 heterocycles. The molecule has 8 nitrogen and oxygen atoms in total. The van der Waals surface area contributed by atoms with E-state index in [0.717, 1.165) is 4.90 Å². The van der Waals surface area contributed by atoms with Crippen molar-refractivity contribution in [3.8, 4) is 0 Å². The van der Waals surface area contributed by atoms with Gasteiger partial charge in [0.2, 0.25) is 11.0 Å². The molecule has 2 aliphatic rings. The Morgan fingerprint density at radius 3 is 2.79 bits per heavy atom. The fourth-order valence-corrected chi connectivity index (χ4v) is 5.46. The number of fused-ring (bicyclic) bond motifs is 1. The van der Waals surface area contributed by atoms with Gasteiger partial charge in [0, 0.05) is 16.2 Å². The van der Waals surface area contributed by atoms with E-state index in [1.165, 1.54) is 28.4 Å². The van der Waals surface area contributed by atoms with E-state index in [9.17, 15) is 14.4 Å². The largest absolute Gasteiger partial charge is 0.341 e. The Morgan fingerprint density at radius 2 is 2.14 bits per heavy atom. The zero-order valence-corrected chi connectivity index (χ0v) is 17.8. The van der Waals surface area contributed by atoms with Gasteiger partial charge in [0.25, 0.3) is 5.91 Å². The molecule has 1 fully saturated rings. The second-order valence-electron chi connectivity index (χ2n) is 6.43. The summed E-state index contributed by atoms with van der Waals surface area (Å²) in [4.78, 5) is 43.8. The first kappa shape index (κ1) is 20.0. The van der Waals surface area contributed by atoms with Crippen molar-refractivity contribution in [2.45, 2.75) is 23.2 Å². The van der Waals surface area contributed by atoms with Crippen LogP contribution in [-0.2, 0) is 14.4 Å². The van der Waals surface area contributed by atoms with E-state index in [1.54, 1.807) is 6.92 Å². The quantitative estimate of drug-likeness (QED) is 0.350. The molecule has 0 bridgehead atoms. The van der Waals surface area contributed by atoms with Crippen molar-refractivity contribution in [3.63, 3.8) is 0 Å². The number of hydrogen-bond donors (Lipinski definition) is 3. The summed E-state index contributed by atoms with van der Waals surface area (Å²) in [5.74, 6) is 1.09. The topological polar surface area (TPSA) is 108 Å². The van der Waals surface area contributed by atoms with Gasteiger partial charge in [-0.15, -0.1) is 23.5 Å². The van der Waals surface area contributed by atoms with E-state index < -0.39 is 11.2 Å². The van der Waals surface area contributed by atoms with Crippen LogP contribution in [-0.4, -0.2) is 59.9 Å². The van der Waals surface area contributed by atoms with Gasteiger partial charge in [0.1, 0.15) is 22.9 Å². The lowest BCUT2D eigenvalue weighted by molar-refractivity contribution is -0.146. The molecule has 1 aromatic carbocycles. The first-order chi connectivity index (χ1) is 14.0. The van der Waals surface area contributed by atoms with Crippen molar-refractivity contribution >= 4 is 58.7 Å². The Balaban J connectivity index is 1.45. The Kier molecular flexibility index (Phi) is 5.70. The van der Waals surface area contributed by atoms with E-state index in [4.69, 9.17) is 0 Å². The molecule has 0 radical (unpaired) electrons. The maximum Gasteiger partial charge on any atom is 0.253 e. The van der Waals surface area contributed by atoms with Gasteiger partial charge in [0.15, 0.2) is 5.82 Å². The van der Waals surface area contributed by atoms with Crippen LogP contribution in [0.1, 0.15) is 11.6 Å². The minimum absolute atomic E-state index is 0.185. The number of benzene rings is 1. The zero-order valence-electron chi connectivity index (χ0n) is 15.3. The highest BCUT2D eigenvalue weighted by atomic mass is 32.2. The first-order valence-corrected chi connectivity index (χ1v) is 11.2. The van der Waals surface area contributed by atoms with Crippen LogP contribution >= 0.6 is 36.2 Å². The number of amides is 2. The molecule has 2 atom stereocenters. The summed E-state index contributed by atoms with van der Waals surface area (Å²) in [7, 11) is 0. The van der Waals surface area contributed by atoms with E-state index in [0.29, 0.717) is 23.0 Å². The molecule has 150 valence electrons. The normalized spacial score (nSPS) is 20.9. The molecular weight excluding hydrogens is 430 g/mol. The van der Waals surface area contributed by atoms with Crippen LogP contribution in [0.25, 0.3) is 5.57 Å². The third kappa shape index (κ3) is 3.94. The fraction of sp³-hybridized carbons (Fsp3) is 0.278. The van der Waals surface area contributed by atoms with Gasteiger partial charge in [-0.2, -0.15) is 5.10 Å². The third-order valence-electron chi connectivity index (χ3n) is 4.47. The number of aryl methyl sites for hydroxylation is 1. The third-order valence-corrected chi connectivity index (χ3v) is 6.97. The summed E-state index contributed by atoms with van der Waals surface area (Å²) in [6, 6.07) is 8.90. The number of rotatable bonds is 6. The summed E-state index contributed by atoms with van der Waals surface area (Å²) >= 11 is 6.81. The number of nitrogens with one attached hydrogen (secondary N) is 2. The molecule has 0 aliphatic carbocycles. The molecule has 29 heavy (non-hydrogen) atoms. The number of nitrogens with zero attached hydrogens (tertiary/aromatic N) is 3. The Bertz CT molecular complexity index is 1010. The molecule has 0 spiro atoms. The van der Waals surface area contributed by atoms with Crippen LogP contribution in [0, 0.1) is 6.92 Å². The van der Waals surface area contributed by atoms with E-state index >= 15 is 0 Å². The molecule has 11 heteroatoms. The second kappa shape index (κ2) is 8.25. The van der Waals surface area contributed by atoms with Crippen LogP contribution in [0.5, 0.6) is 0 Å². The van der Waals surface area contributed by atoms with Crippen molar-refractivity contribution in [3.05, 3.63) is 47.7 Å². The number of hydrogen-bond acceptors (Lipinski definition) is 7. The maximum absolute atomic E-state index is 12.7. The summed E-state index contributed by atoms with van der Waals surface area (Å²) in [5.41, 5.74) is 0.749. The van der Waals surface area contributed by atoms with E-state index in [2.05, 4.69) is 33.1 Å². The highest BCUT2D eigenvalue weighted by Gasteiger charge is 2.54. The van der Waals surface area contributed by atoms with Crippen LogP contribution in [0.2, 0.25) is 0 Å².